The van der Waals surface area contributed by atoms with Gasteiger partial charge in [-0.2, -0.15) is 0 Å². The second-order valence-electron chi connectivity index (χ2n) is 5.38. The van der Waals surface area contributed by atoms with Crippen LogP contribution >= 0.6 is 0 Å². The SMILES string of the molecule is CCC1CCC(N(C)c2cccc(C(=O)O)n2)CC1. The Morgan fingerprint density at radius 1 is 1.37 bits per heavy atom. The van der Waals surface area contributed by atoms with Crippen LogP contribution in [0.5, 0.6) is 0 Å². The van der Waals surface area contributed by atoms with Gasteiger partial charge in [0, 0.05) is 13.1 Å². The van der Waals surface area contributed by atoms with E-state index in [9.17, 15) is 4.79 Å². The molecule has 1 aliphatic carbocycles. The number of anilines is 1. The van der Waals surface area contributed by atoms with E-state index in [-0.39, 0.29) is 5.69 Å². The third-order valence-electron chi connectivity index (χ3n) is 4.26. The predicted molar refractivity (Wildman–Crippen MR) is 75.6 cm³/mol. The summed E-state index contributed by atoms with van der Waals surface area (Å²) in [5.41, 5.74) is 0.117. The molecule has 0 aliphatic heterocycles. The quantitative estimate of drug-likeness (QED) is 0.905. The number of aromatic nitrogens is 1. The van der Waals surface area contributed by atoms with Gasteiger partial charge in [-0.05, 0) is 43.7 Å². The zero-order valence-corrected chi connectivity index (χ0v) is 11.7. The van der Waals surface area contributed by atoms with Crippen LogP contribution in [0.4, 0.5) is 5.82 Å². The molecule has 0 spiro atoms. The average molecular weight is 262 g/mol. The van der Waals surface area contributed by atoms with Gasteiger partial charge < -0.3 is 10.0 Å². The Morgan fingerprint density at radius 3 is 2.63 bits per heavy atom. The van der Waals surface area contributed by atoms with E-state index in [2.05, 4.69) is 16.8 Å². The molecule has 1 aliphatic rings. The molecule has 1 saturated carbocycles. The minimum Gasteiger partial charge on any atom is -0.477 e. The zero-order chi connectivity index (χ0) is 13.8. The number of carboxylic acids is 1. The molecular formula is C15H22N2O2. The topological polar surface area (TPSA) is 53.4 Å². The van der Waals surface area contributed by atoms with Crippen molar-refractivity contribution in [3.05, 3.63) is 23.9 Å². The number of rotatable bonds is 4. The van der Waals surface area contributed by atoms with Crippen LogP contribution in [0, 0.1) is 5.92 Å². The molecule has 0 amide bonds. The van der Waals surface area contributed by atoms with Gasteiger partial charge in [0.2, 0.25) is 0 Å². The molecule has 1 fully saturated rings. The highest BCUT2D eigenvalue weighted by Gasteiger charge is 2.24. The lowest BCUT2D eigenvalue weighted by Gasteiger charge is -2.35. The number of nitrogens with zero attached hydrogens (tertiary/aromatic N) is 2. The summed E-state index contributed by atoms with van der Waals surface area (Å²) in [5.74, 6) is 0.660. The first-order valence-corrected chi connectivity index (χ1v) is 7.05. The van der Waals surface area contributed by atoms with Crippen molar-refractivity contribution in [1.82, 2.24) is 4.98 Å². The van der Waals surface area contributed by atoms with E-state index in [1.54, 1.807) is 6.07 Å². The summed E-state index contributed by atoms with van der Waals surface area (Å²) in [7, 11) is 2.02. The highest BCUT2D eigenvalue weighted by molar-refractivity contribution is 5.85. The summed E-state index contributed by atoms with van der Waals surface area (Å²) in [5, 5.41) is 8.99. The second kappa shape index (κ2) is 6.04. The summed E-state index contributed by atoms with van der Waals surface area (Å²) in [6, 6.07) is 5.67. The van der Waals surface area contributed by atoms with Gasteiger partial charge in [-0.1, -0.05) is 19.4 Å². The van der Waals surface area contributed by atoms with E-state index < -0.39 is 5.97 Å². The molecule has 0 saturated heterocycles. The van der Waals surface area contributed by atoms with Crippen molar-refractivity contribution < 1.29 is 9.90 Å². The van der Waals surface area contributed by atoms with Crippen molar-refractivity contribution in [1.29, 1.82) is 0 Å². The van der Waals surface area contributed by atoms with E-state index >= 15 is 0 Å². The molecule has 0 aromatic carbocycles. The zero-order valence-electron chi connectivity index (χ0n) is 11.7. The molecule has 1 N–H and O–H groups in total. The Hall–Kier alpha value is -1.58. The molecule has 4 nitrogen and oxygen atoms in total. The third-order valence-corrected chi connectivity index (χ3v) is 4.26. The predicted octanol–water partition coefficient (Wildman–Crippen LogP) is 3.18. The Balaban J connectivity index is 2.05. The van der Waals surface area contributed by atoms with Crippen LogP contribution in [0.1, 0.15) is 49.5 Å². The highest BCUT2D eigenvalue weighted by Crippen LogP contribution is 2.30. The molecule has 4 heteroatoms. The maximum absolute atomic E-state index is 11.0. The van der Waals surface area contributed by atoms with Crippen LogP contribution in [0.25, 0.3) is 0 Å². The van der Waals surface area contributed by atoms with Crippen LogP contribution in [-0.2, 0) is 0 Å². The van der Waals surface area contributed by atoms with Crippen molar-refractivity contribution in [2.75, 3.05) is 11.9 Å². The standard InChI is InChI=1S/C15H22N2O2/c1-3-11-7-9-12(10-8-11)17(2)14-6-4-5-13(16-14)15(18)19/h4-6,11-12H,3,7-10H2,1-2H3,(H,18,19). The van der Waals surface area contributed by atoms with Gasteiger partial charge in [0.25, 0.3) is 0 Å². The molecule has 1 aromatic heterocycles. The van der Waals surface area contributed by atoms with Gasteiger partial charge in [0.15, 0.2) is 5.69 Å². The minimum atomic E-state index is -0.968. The highest BCUT2D eigenvalue weighted by atomic mass is 16.4. The fraction of sp³-hybridized carbons (Fsp3) is 0.600. The fourth-order valence-electron chi connectivity index (χ4n) is 2.87. The molecule has 19 heavy (non-hydrogen) atoms. The molecule has 0 atom stereocenters. The van der Waals surface area contributed by atoms with Crippen LogP contribution in [-0.4, -0.2) is 29.1 Å². The van der Waals surface area contributed by atoms with Crippen molar-refractivity contribution in [2.45, 2.75) is 45.1 Å². The van der Waals surface area contributed by atoms with Gasteiger partial charge in [-0.15, -0.1) is 0 Å². The van der Waals surface area contributed by atoms with Crippen molar-refractivity contribution in [3.8, 4) is 0 Å². The maximum atomic E-state index is 11.0. The van der Waals surface area contributed by atoms with Gasteiger partial charge in [-0.25, -0.2) is 9.78 Å². The number of hydrogen-bond donors (Lipinski definition) is 1. The Morgan fingerprint density at radius 2 is 2.05 bits per heavy atom. The number of pyridine rings is 1. The van der Waals surface area contributed by atoms with Crippen LogP contribution in [0.3, 0.4) is 0 Å². The first kappa shape index (κ1) is 13.8. The normalized spacial score (nSPS) is 23.1. The maximum Gasteiger partial charge on any atom is 0.354 e. The third kappa shape index (κ3) is 3.25. The fourth-order valence-corrected chi connectivity index (χ4v) is 2.87. The molecular weight excluding hydrogens is 240 g/mol. The molecule has 0 bridgehead atoms. The molecule has 1 heterocycles. The number of carboxylic acid groups (broad SMARTS) is 1. The number of carbonyl (C=O) groups is 1. The molecule has 2 rings (SSSR count). The lowest BCUT2D eigenvalue weighted by molar-refractivity contribution is 0.0690. The van der Waals surface area contributed by atoms with Crippen LogP contribution < -0.4 is 4.90 Å². The number of hydrogen-bond acceptors (Lipinski definition) is 3. The summed E-state index contributed by atoms with van der Waals surface area (Å²) < 4.78 is 0. The summed E-state index contributed by atoms with van der Waals surface area (Å²) in [6.07, 6.45) is 6.15. The van der Waals surface area contributed by atoms with Gasteiger partial charge in [0.05, 0.1) is 0 Å². The first-order valence-electron chi connectivity index (χ1n) is 7.05. The van der Waals surface area contributed by atoms with E-state index in [0.717, 1.165) is 11.7 Å². The number of aromatic carboxylic acids is 1. The van der Waals surface area contributed by atoms with Gasteiger partial charge >= 0.3 is 5.97 Å². The van der Waals surface area contributed by atoms with Gasteiger partial charge in [0.1, 0.15) is 5.82 Å². The Bertz CT molecular complexity index is 440. The smallest absolute Gasteiger partial charge is 0.354 e. The lowest BCUT2D eigenvalue weighted by Crippen LogP contribution is -2.35. The van der Waals surface area contributed by atoms with E-state index in [1.807, 2.05) is 13.1 Å². The first-order chi connectivity index (χ1) is 9.11. The van der Waals surface area contributed by atoms with E-state index in [0.29, 0.717) is 6.04 Å². The van der Waals surface area contributed by atoms with Crippen LogP contribution in [0.15, 0.2) is 18.2 Å². The monoisotopic (exact) mass is 262 g/mol. The van der Waals surface area contributed by atoms with Crippen molar-refractivity contribution >= 4 is 11.8 Å². The summed E-state index contributed by atoms with van der Waals surface area (Å²) in [6.45, 7) is 2.26. The van der Waals surface area contributed by atoms with Crippen molar-refractivity contribution in [2.24, 2.45) is 5.92 Å². The second-order valence-corrected chi connectivity index (χ2v) is 5.38. The van der Waals surface area contributed by atoms with Crippen LogP contribution in [0.2, 0.25) is 0 Å². The lowest BCUT2D eigenvalue weighted by atomic mass is 9.84. The van der Waals surface area contributed by atoms with Gasteiger partial charge in [-0.3, -0.25) is 0 Å². The minimum absolute atomic E-state index is 0.117. The Labute approximate surface area is 114 Å². The van der Waals surface area contributed by atoms with E-state index in [4.69, 9.17) is 5.11 Å². The molecule has 104 valence electrons. The Kier molecular flexibility index (Phi) is 4.40. The van der Waals surface area contributed by atoms with Crippen molar-refractivity contribution in [3.63, 3.8) is 0 Å². The molecule has 1 aromatic rings. The molecule has 0 unspecified atom stereocenters. The molecule has 0 radical (unpaired) electrons. The van der Waals surface area contributed by atoms with E-state index in [1.165, 1.54) is 38.2 Å². The summed E-state index contributed by atoms with van der Waals surface area (Å²) >= 11 is 0. The largest absolute Gasteiger partial charge is 0.477 e. The summed E-state index contributed by atoms with van der Waals surface area (Å²) in [4.78, 5) is 17.3. The average Bonchev–Trinajstić information content (AvgIpc) is 2.46.